The zero-order valence-electron chi connectivity index (χ0n) is 10.2. The summed E-state index contributed by atoms with van der Waals surface area (Å²) in [6.07, 6.45) is 1.23. The van der Waals surface area contributed by atoms with Crippen LogP contribution in [0.2, 0.25) is 0 Å². The van der Waals surface area contributed by atoms with Crippen molar-refractivity contribution in [2.24, 2.45) is 0 Å². The van der Waals surface area contributed by atoms with E-state index >= 15 is 0 Å². The minimum absolute atomic E-state index is 0.0576. The fourth-order valence-electron chi connectivity index (χ4n) is 1.63. The van der Waals surface area contributed by atoms with Gasteiger partial charge in [-0.15, -0.1) is 0 Å². The van der Waals surface area contributed by atoms with Gasteiger partial charge in [0.2, 0.25) is 0 Å². The smallest absolute Gasteiger partial charge is 0.356 e. The highest BCUT2D eigenvalue weighted by molar-refractivity contribution is 5.86. The average molecular weight is 266 g/mol. The number of ether oxygens (including phenoxy) is 1. The quantitative estimate of drug-likeness (QED) is 0.865. The summed E-state index contributed by atoms with van der Waals surface area (Å²) in [5.74, 6) is -1.54. The van der Waals surface area contributed by atoms with Gasteiger partial charge in [0.15, 0.2) is 0 Å². The summed E-state index contributed by atoms with van der Waals surface area (Å²) in [4.78, 5) is 18.0. The highest BCUT2D eigenvalue weighted by Gasteiger charge is 2.14. The monoisotopic (exact) mass is 266 g/mol. The lowest BCUT2D eigenvalue weighted by Crippen LogP contribution is -2.05. The number of carbonyl (C=O) groups excluding carboxylic acids is 1. The largest absolute Gasteiger partial charge is 0.461 e. The fraction of sp³-hybridized carbons (Fsp3) is 0.231. The van der Waals surface area contributed by atoms with Gasteiger partial charge in [-0.3, -0.25) is 0 Å². The van der Waals surface area contributed by atoms with Crippen molar-refractivity contribution in [2.45, 2.75) is 13.3 Å². The van der Waals surface area contributed by atoms with Crippen molar-refractivity contribution in [3.63, 3.8) is 0 Å². The van der Waals surface area contributed by atoms with Crippen molar-refractivity contribution >= 4 is 5.97 Å². The minimum Gasteiger partial charge on any atom is -0.461 e. The van der Waals surface area contributed by atoms with Crippen molar-refractivity contribution < 1.29 is 18.3 Å². The van der Waals surface area contributed by atoms with E-state index in [1.165, 1.54) is 24.4 Å². The van der Waals surface area contributed by atoms with Crippen LogP contribution in [0, 0.1) is 11.6 Å². The number of aromatic amines is 1. The molecule has 6 heteroatoms. The molecule has 0 spiro atoms. The number of esters is 1. The van der Waals surface area contributed by atoms with Gasteiger partial charge in [0.1, 0.15) is 23.2 Å². The van der Waals surface area contributed by atoms with Crippen molar-refractivity contribution in [3.8, 4) is 0 Å². The summed E-state index contributed by atoms with van der Waals surface area (Å²) in [6, 6.07) is 3.64. The van der Waals surface area contributed by atoms with E-state index in [-0.39, 0.29) is 24.3 Å². The Morgan fingerprint density at radius 2 is 2.05 bits per heavy atom. The molecular formula is C13H12F2N2O2. The molecule has 1 heterocycles. The van der Waals surface area contributed by atoms with Crippen LogP contribution in [0.3, 0.4) is 0 Å². The number of hydrogen-bond donors (Lipinski definition) is 1. The van der Waals surface area contributed by atoms with Crippen LogP contribution in [0.25, 0.3) is 0 Å². The molecule has 0 amide bonds. The van der Waals surface area contributed by atoms with Crippen molar-refractivity contribution in [2.75, 3.05) is 6.61 Å². The Hall–Kier alpha value is -2.24. The molecule has 4 nitrogen and oxygen atoms in total. The topological polar surface area (TPSA) is 55.0 Å². The number of hydrogen-bond acceptors (Lipinski definition) is 3. The van der Waals surface area contributed by atoms with Gasteiger partial charge in [0, 0.05) is 12.0 Å². The van der Waals surface area contributed by atoms with E-state index in [1.54, 1.807) is 6.92 Å². The summed E-state index contributed by atoms with van der Waals surface area (Å²) in [5, 5.41) is 0. The number of benzene rings is 1. The maximum atomic E-state index is 13.4. The summed E-state index contributed by atoms with van der Waals surface area (Å²) in [5.41, 5.74) is 0.0702. The molecule has 0 aliphatic heterocycles. The minimum atomic E-state index is -0.644. The number of rotatable bonds is 4. The van der Waals surface area contributed by atoms with E-state index in [0.29, 0.717) is 5.82 Å². The molecule has 0 fully saturated rings. The zero-order chi connectivity index (χ0) is 13.8. The van der Waals surface area contributed by atoms with Crippen LogP contribution in [0.1, 0.15) is 28.8 Å². The molecule has 2 aromatic rings. The average Bonchev–Trinajstić information content (AvgIpc) is 2.83. The summed E-state index contributed by atoms with van der Waals surface area (Å²) in [6.45, 7) is 1.93. The molecule has 2 rings (SSSR count). The van der Waals surface area contributed by atoms with Gasteiger partial charge in [-0.05, 0) is 19.1 Å². The van der Waals surface area contributed by atoms with Gasteiger partial charge in [-0.2, -0.15) is 0 Å². The van der Waals surface area contributed by atoms with Crippen LogP contribution >= 0.6 is 0 Å². The molecule has 0 saturated carbocycles. The van der Waals surface area contributed by atoms with Crippen molar-refractivity contribution in [1.82, 2.24) is 9.97 Å². The molecule has 19 heavy (non-hydrogen) atoms. The predicted octanol–water partition coefficient (Wildman–Crippen LogP) is 2.46. The van der Waals surface area contributed by atoms with Crippen LogP contribution < -0.4 is 0 Å². The molecular weight excluding hydrogens is 254 g/mol. The molecule has 0 aliphatic rings. The normalized spacial score (nSPS) is 10.5. The van der Waals surface area contributed by atoms with Crippen LogP contribution in [0.5, 0.6) is 0 Å². The van der Waals surface area contributed by atoms with E-state index in [4.69, 9.17) is 4.74 Å². The van der Waals surface area contributed by atoms with Crippen LogP contribution in [0.15, 0.2) is 24.4 Å². The van der Waals surface area contributed by atoms with Crippen molar-refractivity contribution in [1.29, 1.82) is 0 Å². The van der Waals surface area contributed by atoms with Gasteiger partial charge in [0.05, 0.1) is 12.8 Å². The second-order valence-corrected chi connectivity index (χ2v) is 3.84. The molecule has 0 saturated heterocycles. The second kappa shape index (κ2) is 5.60. The molecule has 1 aromatic heterocycles. The van der Waals surface area contributed by atoms with Gasteiger partial charge < -0.3 is 9.72 Å². The Labute approximate surface area is 108 Å². The first-order chi connectivity index (χ1) is 9.11. The number of imidazole rings is 1. The van der Waals surface area contributed by atoms with Crippen LogP contribution in [0.4, 0.5) is 8.78 Å². The molecule has 0 radical (unpaired) electrons. The SMILES string of the molecule is CCOC(=O)c1cnc(Cc2c(F)cccc2F)[nH]1. The highest BCUT2D eigenvalue weighted by atomic mass is 19.1. The summed E-state index contributed by atoms with van der Waals surface area (Å²) in [7, 11) is 0. The van der Waals surface area contributed by atoms with E-state index in [9.17, 15) is 13.6 Å². The van der Waals surface area contributed by atoms with Crippen LogP contribution in [-0.2, 0) is 11.2 Å². The Morgan fingerprint density at radius 3 is 2.68 bits per heavy atom. The number of aromatic nitrogens is 2. The third-order valence-electron chi connectivity index (χ3n) is 2.53. The fourth-order valence-corrected chi connectivity index (χ4v) is 1.63. The van der Waals surface area contributed by atoms with Crippen molar-refractivity contribution in [3.05, 3.63) is 53.1 Å². The summed E-state index contributed by atoms with van der Waals surface area (Å²) >= 11 is 0. The first-order valence-electron chi connectivity index (χ1n) is 5.75. The lowest BCUT2D eigenvalue weighted by molar-refractivity contribution is 0.0520. The standard InChI is InChI=1S/C13H12F2N2O2/c1-2-19-13(18)11-7-16-12(17-11)6-8-9(14)4-3-5-10(8)15/h3-5,7H,2,6H2,1H3,(H,16,17). The van der Waals surface area contributed by atoms with Gasteiger partial charge in [0.25, 0.3) is 0 Å². The molecule has 1 aromatic carbocycles. The lowest BCUT2D eigenvalue weighted by Gasteiger charge is -2.02. The molecule has 100 valence electrons. The maximum Gasteiger partial charge on any atom is 0.356 e. The Bertz CT molecular complexity index is 576. The van der Waals surface area contributed by atoms with Gasteiger partial charge in [-0.1, -0.05) is 6.07 Å². The maximum absolute atomic E-state index is 13.4. The van der Waals surface area contributed by atoms with E-state index in [1.807, 2.05) is 0 Å². The molecule has 1 N–H and O–H groups in total. The Morgan fingerprint density at radius 1 is 1.37 bits per heavy atom. The number of H-pyrrole nitrogens is 1. The third kappa shape index (κ3) is 2.96. The Balaban J connectivity index is 2.18. The number of carbonyl (C=O) groups is 1. The lowest BCUT2D eigenvalue weighted by atomic mass is 10.1. The number of nitrogens with one attached hydrogen (secondary N) is 1. The Kier molecular flexibility index (Phi) is 3.89. The molecule has 0 aliphatic carbocycles. The first-order valence-corrected chi connectivity index (χ1v) is 5.75. The first kappa shape index (κ1) is 13.2. The van der Waals surface area contributed by atoms with Gasteiger partial charge in [-0.25, -0.2) is 18.6 Å². The van der Waals surface area contributed by atoms with Gasteiger partial charge >= 0.3 is 5.97 Å². The summed E-state index contributed by atoms with van der Waals surface area (Å²) < 4.78 is 31.7. The molecule has 0 unspecified atom stereocenters. The van der Waals surface area contributed by atoms with Crippen LogP contribution in [-0.4, -0.2) is 22.5 Å². The third-order valence-corrected chi connectivity index (χ3v) is 2.53. The van der Waals surface area contributed by atoms with E-state index in [0.717, 1.165) is 0 Å². The zero-order valence-corrected chi connectivity index (χ0v) is 10.2. The number of nitrogens with zero attached hydrogens (tertiary/aromatic N) is 1. The highest BCUT2D eigenvalue weighted by Crippen LogP contribution is 2.15. The van der Waals surface area contributed by atoms with E-state index in [2.05, 4.69) is 9.97 Å². The second-order valence-electron chi connectivity index (χ2n) is 3.84. The molecule has 0 atom stereocenters. The molecule has 0 bridgehead atoms. The van der Waals surface area contributed by atoms with E-state index < -0.39 is 17.6 Å². The predicted molar refractivity (Wildman–Crippen MR) is 63.7 cm³/mol. The number of halogens is 2.